The van der Waals surface area contributed by atoms with E-state index in [1.54, 1.807) is 36.4 Å². The summed E-state index contributed by atoms with van der Waals surface area (Å²) in [5, 5.41) is 2.65. The lowest BCUT2D eigenvalue weighted by molar-refractivity contribution is 0.0977. The van der Waals surface area contributed by atoms with Crippen molar-refractivity contribution in [3.05, 3.63) is 59.7 Å². The zero-order chi connectivity index (χ0) is 13.8. The van der Waals surface area contributed by atoms with Gasteiger partial charge in [-0.2, -0.15) is 0 Å². The van der Waals surface area contributed by atoms with Crippen molar-refractivity contribution in [3.8, 4) is 0 Å². The van der Waals surface area contributed by atoms with E-state index in [9.17, 15) is 9.59 Å². The molecule has 0 saturated carbocycles. The maximum atomic E-state index is 12.1. The Morgan fingerprint density at radius 3 is 2.11 bits per heavy atom. The number of rotatable bonds is 3. The zero-order valence-electron chi connectivity index (χ0n) is 10.1. The first-order valence-corrected chi connectivity index (χ1v) is 5.64. The molecule has 0 radical (unpaired) electrons. The molecule has 0 atom stereocenters. The number of carbonyl (C=O) groups is 2. The average molecular weight is 255 g/mol. The molecule has 0 unspecified atom stereocenters. The van der Waals surface area contributed by atoms with Gasteiger partial charge in [0.2, 0.25) is 5.91 Å². The molecule has 5 nitrogen and oxygen atoms in total. The third kappa shape index (κ3) is 2.71. The Labute approximate surface area is 110 Å². The van der Waals surface area contributed by atoms with E-state index in [-0.39, 0.29) is 11.1 Å². The number of nitrogen functional groups attached to an aromatic ring is 1. The Balaban J connectivity index is 2.31. The summed E-state index contributed by atoms with van der Waals surface area (Å²) in [6, 6.07) is 13.2. The number of para-hydroxylation sites is 2. The number of hydrogen-bond donors (Lipinski definition) is 3. The summed E-state index contributed by atoms with van der Waals surface area (Å²) in [7, 11) is 0. The van der Waals surface area contributed by atoms with Crippen molar-refractivity contribution in [2.75, 3.05) is 11.1 Å². The highest BCUT2D eigenvalue weighted by atomic mass is 16.2. The minimum atomic E-state index is -0.646. The molecule has 0 aliphatic carbocycles. The topological polar surface area (TPSA) is 98.2 Å². The van der Waals surface area contributed by atoms with Gasteiger partial charge in [0.1, 0.15) is 0 Å². The highest BCUT2D eigenvalue weighted by Crippen LogP contribution is 2.18. The largest absolute Gasteiger partial charge is 0.397 e. The highest BCUT2D eigenvalue weighted by Gasteiger charge is 2.15. The lowest BCUT2D eigenvalue weighted by atomic mass is 10.1. The van der Waals surface area contributed by atoms with Crippen LogP contribution in [-0.2, 0) is 0 Å². The van der Waals surface area contributed by atoms with Crippen LogP contribution in [0.3, 0.4) is 0 Å². The summed E-state index contributed by atoms with van der Waals surface area (Å²) >= 11 is 0. The summed E-state index contributed by atoms with van der Waals surface area (Å²) in [6.07, 6.45) is 0. The fourth-order valence-electron chi connectivity index (χ4n) is 1.70. The molecule has 2 aromatic rings. The molecule has 5 N–H and O–H groups in total. The highest BCUT2D eigenvalue weighted by molar-refractivity contribution is 6.12. The van der Waals surface area contributed by atoms with Crippen LogP contribution in [0.2, 0.25) is 0 Å². The Bertz CT molecular complexity index is 638. The Hall–Kier alpha value is -2.82. The Morgan fingerprint density at radius 2 is 1.47 bits per heavy atom. The monoisotopic (exact) mass is 255 g/mol. The molecular formula is C14H13N3O2. The van der Waals surface area contributed by atoms with Crippen molar-refractivity contribution < 1.29 is 9.59 Å². The van der Waals surface area contributed by atoms with E-state index in [0.717, 1.165) is 0 Å². The molecule has 0 bridgehead atoms. The van der Waals surface area contributed by atoms with Gasteiger partial charge in [0.25, 0.3) is 5.91 Å². The van der Waals surface area contributed by atoms with Gasteiger partial charge in [-0.05, 0) is 24.3 Å². The van der Waals surface area contributed by atoms with Crippen molar-refractivity contribution in [2.45, 2.75) is 0 Å². The number of carbonyl (C=O) groups excluding carboxylic acids is 2. The maximum Gasteiger partial charge on any atom is 0.256 e. The summed E-state index contributed by atoms with van der Waals surface area (Å²) in [5.41, 5.74) is 12.3. The summed E-state index contributed by atoms with van der Waals surface area (Å²) in [4.78, 5) is 23.4. The molecular weight excluding hydrogens is 242 g/mol. The van der Waals surface area contributed by atoms with Gasteiger partial charge in [-0.15, -0.1) is 0 Å². The minimum absolute atomic E-state index is 0.175. The van der Waals surface area contributed by atoms with Gasteiger partial charge in [-0.1, -0.05) is 24.3 Å². The van der Waals surface area contributed by atoms with Crippen LogP contribution in [0.15, 0.2) is 48.5 Å². The summed E-state index contributed by atoms with van der Waals surface area (Å²) in [6.45, 7) is 0. The first-order chi connectivity index (χ1) is 9.09. The zero-order valence-corrected chi connectivity index (χ0v) is 10.1. The number of nitrogens with one attached hydrogen (secondary N) is 1. The van der Waals surface area contributed by atoms with Gasteiger partial charge in [0, 0.05) is 0 Å². The van der Waals surface area contributed by atoms with E-state index in [1.165, 1.54) is 12.1 Å². The Morgan fingerprint density at radius 1 is 0.895 bits per heavy atom. The van der Waals surface area contributed by atoms with E-state index in [0.29, 0.717) is 11.4 Å². The molecule has 0 spiro atoms. The Kier molecular flexibility index (Phi) is 3.47. The van der Waals surface area contributed by atoms with Gasteiger partial charge in [-0.25, -0.2) is 0 Å². The molecule has 5 heteroatoms. The molecule has 96 valence electrons. The molecule has 19 heavy (non-hydrogen) atoms. The molecule has 0 heterocycles. The second-order valence-corrected chi connectivity index (χ2v) is 3.95. The smallest absolute Gasteiger partial charge is 0.256 e. The predicted molar refractivity (Wildman–Crippen MR) is 73.8 cm³/mol. The second-order valence-electron chi connectivity index (χ2n) is 3.95. The lowest BCUT2D eigenvalue weighted by Gasteiger charge is -2.09. The molecule has 2 rings (SSSR count). The SMILES string of the molecule is NC(=O)c1ccccc1C(=O)Nc1ccccc1N. The van der Waals surface area contributed by atoms with Crippen LogP contribution in [0.4, 0.5) is 11.4 Å². The third-order valence-electron chi connectivity index (χ3n) is 2.65. The molecule has 0 aromatic heterocycles. The molecule has 2 amide bonds. The average Bonchev–Trinajstić information content (AvgIpc) is 2.41. The van der Waals surface area contributed by atoms with Gasteiger partial charge in [0.05, 0.1) is 22.5 Å². The second kappa shape index (κ2) is 5.22. The normalized spacial score (nSPS) is 9.89. The first-order valence-electron chi connectivity index (χ1n) is 5.64. The fourth-order valence-corrected chi connectivity index (χ4v) is 1.70. The first kappa shape index (κ1) is 12.6. The number of primary amides is 1. The molecule has 0 saturated heterocycles. The number of amides is 2. The van der Waals surface area contributed by atoms with E-state index in [1.807, 2.05) is 0 Å². The number of anilines is 2. The number of nitrogens with two attached hydrogens (primary N) is 2. The molecule has 2 aromatic carbocycles. The standard InChI is InChI=1S/C14H13N3O2/c15-11-7-3-4-8-12(11)17-14(19)10-6-2-1-5-9(10)13(16)18/h1-8H,15H2,(H2,16,18)(H,17,19). The van der Waals surface area contributed by atoms with E-state index in [4.69, 9.17) is 11.5 Å². The van der Waals surface area contributed by atoms with Crippen LogP contribution in [0.25, 0.3) is 0 Å². The maximum absolute atomic E-state index is 12.1. The van der Waals surface area contributed by atoms with Crippen molar-refractivity contribution >= 4 is 23.2 Å². The van der Waals surface area contributed by atoms with Gasteiger partial charge in [-0.3, -0.25) is 9.59 Å². The van der Waals surface area contributed by atoms with Crippen molar-refractivity contribution in [1.29, 1.82) is 0 Å². The summed E-state index contributed by atoms with van der Waals surface area (Å²) in [5.74, 6) is -1.07. The van der Waals surface area contributed by atoms with Crippen LogP contribution in [-0.4, -0.2) is 11.8 Å². The van der Waals surface area contributed by atoms with Crippen LogP contribution in [0, 0.1) is 0 Å². The predicted octanol–water partition coefficient (Wildman–Crippen LogP) is 1.62. The van der Waals surface area contributed by atoms with Gasteiger partial charge >= 0.3 is 0 Å². The number of hydrogen-bond acceptors (Lipinski definition) is 3. The summed E-state index contributed by atoms with van der Waals surface area (Å²) < 4.78 is 0. The van der Waals surface area contributed by atoms with E-state index < -0.39 is 11.8 Å². The van der Waals surface area contributed by atoms with Crippen molar-refractivity contribution in [2.24, 2.45) is 5.73 Å². The number of benzene rings is 2. The van der Waals surface area contributed by atoms with Crippen molar-refractivity contribution in [3.63, 3.8) is 0 Å². The molecule has 0 aliphatic heterocycles. The van der Waals surface area contributed by atoms with Crippen LogP contribution in [0.5, 0.6) is 0 Å². The van der Waals surface area contributed by atoms with Gasteiger partial charge in [0.15, 0.2) is 0 Å². The van der Waals surface area contributed by atoms with Crippen LogP contribution >= 0.6 is 0 Å². The van der Waals surface area contributed by atoms with Crippen LogP contribution in [0.1, 0.15) is 20.7 Å². The quantitative estimate of drug-likeness (QED) is 0.727. The fraction of sp³-hybridized carbons (Fsp3) is 0. The van der Waals surface area contributed by atoms with Crippen LogP contribution < -0.4 is 16.8 Å². The van der Waals surface area contributed by atoms with E-state index in [2.05, 4.69) is 5.32 Å². The third-order valence-corrected chi connectivity index (χ3v) is 2.65. The molecule has 0 aliphatic rings. The minimum Gasteiger partial charge on any atom is -0.397 e. The van der Waals surface area contributed by atoms with Gasteiger partial charge < -0.3 is 16.8 Å². The van der Waals surface area contributed by atoms with Crippen molar-refractivity contribution in [1.82, 2.24) is 0 Å². The van der Waals surface area contributed by atoms with E-state index >= 15 is 0 Å². The lowest BCUT2D eigenvalue weighted by Crippen LogP contribution is -2.20. The molecule has 0 fully saturated rings.